The van der Waals surface area contributed by atoms with E-state index >= 15 is 0 Å². The Morgan fingerprint density at radius 3 is 2.64 bits per heavy atom. The Labute approximate surface area is 149 Å². The van der Waals surface area contributed by atoms with E-state index in [9.17, 15) is 19.8 Å². The lowest BCUT2D eigenvalue weighted by atomic mass is 9.44. The smallest absolute Gasteiger partial charge is 0.319 e. The molecule has 7 atom stereocenters. The maximum atomic E-state index is 13.2. The normalized spacial score (nSPS) is 52.2. The fourth-order valence-corrected chi connectivity index (χ4v) is 7.18. The number of ether oxygens (including phenoxy) is 1. The molecule has 0 aromatic carbocycles. The fraction of sp³-hybridized carbons (Fsp3) is 0.900. The van der Waals surface area contributed by atoms with Gasteiger partial charge in [0.05, 0.1) is 6.61 Å². The van der Waals surface area contributed by atoms with E-state index in [2.05, 4.69) is 0 Å². The van der Waals surface area contributed by atoms with Gasteiger partial charge in [0, 0.05) is 24.5 Å². The van der Waals surface area contributed by atoms with Crippen LogP contribution in [0, 0.1) is 39.9 Å². The highest BCUT2D eigenvalue weighted by Gasteiger charge is 2.72. The zero-order chi connectivity index (χ0) is 18.0. The Balaban J connectivity index is 1.83. The minimum atomic E-state index is -0.998. The molecule has 1 aliphatic heterocycles. The highest BCUT2D eigenvalue weighted by Crippen LogP contribution is 2.67. The minimum absolute atomic E-state index is 0.0145. The van der Waals surface area contributed by atoms with E-state index < -0.39 is 5.41 Å². The molecular weight excluding hydrogens is 320 g/mol. The number of hydrogen-bond acceptors (Lipinski definition) is 5. The van der Waals surface area contributed by atoms with Crippen molar-refractivity contribution in [2.24, 2.45) is 39.9 Å². The molecule has 2 N–H and O–H groups in total. The van der Waals surface area contributed by atoms with E-state index in [4.69, 9.17) is 4.74 Å². The van der Waals surface area contributed by atoms with Crippen molar-refractivity contribution in [1.82, 2.24) is 0 Å². The van der Waals surface area contributed by atoms with Crippen molar-refractivity contribution in [3.8, 4) is 0 Å². The lowest BCUT2D eigenvalue weighted by Crippen LogP contribution is -2.64. The predicted octanol–water partition coefficient (Wildman–Crippen LogP) is 1.94. The average molecular weight is 350 g/mol. The van der Waals surface area contributed by atoms with E-state index in [-0.39, 0.29) is 66.1 Å². The number of ketones is 1. The summed E-state index contributed by atoms with van der Waals surface area (Å²) in [7, 11) is 0. The zero-order valence-electron chi connectivity index (χ0n) is 15.3. The molecule has 4 rings (SSSR count). The summed E-state index contributed by atoms with van der Waals surface area (Å²) in [4.78, 5) is 26.1. The van der Waals surface area contributed by atoms with Crippen molar-refractivity contribution >= 4 is 11.8 Å². The summed E-state index contributed by atoms with van der Waals surface area (Å²) in [5.74, 6) is -0.251. The predicted molar refractivity (Wildman–Crippen MR) is 90.4 cm³/mol. The van der Waals surface area contributed by atoms with Gasteiger partial charge in [-0.05, 0) is 55.3 Å². The molecule has 5 heteroatoms. The van der Waals surface area contributed by atoms with Crippen LogP contribution >= 0.6 is 0 Å². The first-order valence-electron chi connectivity index (χ1n) is 9.79. The number of hydrogen-bond donors (Lipinski definition) is 2. The number of carbonyl (C=O) groups excluding carboxylic acids is 2. The van der Waals surface area contributed by atoms with E-state index in [1.165, 1.54) is 0 Å². The summed E-state index contributed by atoms with van der Waals surface area (Å²) < 4.78 is 5.70. The Hall–Kier alpha value is -0.940. The van der Waals surface area contributed by atoms with Crippen molar-refractivity contribution in [3.05, 3.63) is 0 Å². The minimum Gasteiger partial charge on any atom is -0.464 e. The van der Waals surface area contributed by atoms with Gasteiger partial charge < -0.3 is 14.9 Å². The molecule has 4 aliphatic rings. The van der Waals surface area contributed by atoms with Crippen LogP contribution in [0.25, 0.3) is 0 Å². The van der Waals surface area contributed by atoms with Crippen LogP contribution in [-0.4, -0.2) is 41.8 Å². The van der Waals surface area contributed by atoms with Gasteiger partial charge in [-0.25, -0.2) is 0 Å². The van der Waals surface area contributed by atoms with Crippen LogP contribution in [0.5, 0.6) is 0 Å². The lowest BCUT2D eigenvalue weighted by Gasteiger charge is -2.61. The molecule has 0 amide bonds. The Kier molecular flexibility index (Phi) is 3.86. The molecule has 1 heterocycles. The maximum absolute atomic E-state index is 13.2. The van der Waals surface area contributed by atoms with Crippen LogP contribution in [0.4, 0.5) is 0 Å². The summed E-state index contributed by atoms with van der Waals surface area (Å²) in [6.07, 6.45) is 5.10. The van der Waals surface area contributed by atoms with Crippen LogP contribution in [-0.2, 0) is 14.3 Å². The third kappa shape index (κ3) is 1.97. The first kappa shape index (κ1) is 17.5. The van der Waals surface area contributed by atoms with Crippen LogP contribution in [0.2, 0.25) is 0 Å². The van der Waals surface area contributed by atoms with Crippen LogP contribution in [0.1, 0.15) is 52.4 Å². The molecule has 2 bridgehead atoms. The molecule has 3 aliphatic carbocycles. The van der Waals surface area contributed by atoms with Crippen molar-refractivity contribution in [1.29, 1.82) is 0 Å². The van der Waals surface area contributed by atoms with Gasteiger partial charge in [0.1, 0.15) is 5.41 Å². The number of Topliss-reactive ketones (excluding diaryl/α,β-unsaturated/α-hetero) is 1. The monoisotopic (exact) mass is 350 g/mol. The van der Waals surface area contributed by atoms with Gasteiger partial charge in [-0.3, -0.25) is 9.59 Å². The second-order valence-corrected chi connectivity index (χ2v) is 9.43. The molecule has 2 spiro atoms. The molecule has 0 radical (unpaired) electrons. The number of fused-ring (bicyclic) bond motifs is 2. The number of cyclic esters (lactones) is 1. The molecule has 25 heavy (non-hydrogen) atoms. The fourth-order valence-electron chi connectivity index (χ4n) is 7.18. The molecule has 0 unspecified atom stereocenters. The van der Waals surface area contributed by atoms with E-state index in [1.807, 2.05) is 13.8 Å². The topological polar surface area (TPSA) is 83.8 Å². The molecule has 5 nitrogen and oxygen atoms in total. The molecule has 4 fully saturated rings. The summed E-state index contributed by atoms with van der Waals surface area (Å²) in [5.41, 5.74) is -1.77. The van der Waals surface area contributed by atoms with Gasteiger partial charge >= 0.3 is 5.97 Å². The van der Waals surface area contributed by atoms with Gasteiger partial charge in [0.25, 0.3) is 0 Å². The standard InChI is InChI=1S/C20H30O5/c1-12-13-4-5-14-19(7-3-6-18(2,10-22)15(19)9-21)11-25-17(24)20(14,8-13)16(12)23/h12-15,21-22H,3-11H2,1-2H3/t12-,13-,14+,15-,18+,19-,20+/m1/s1. The molecule has 140 valence electrons. The van der Waals surface area contributed by atoms with Crippen molar-refractivity contribution in [3.63, 3.8) is 0 Å². The Bertz CT molecular complexity index is 603. The van der Waals surface area contributed by atoms with Gasteiger partial charge in [-0.2, -0.15) is 0 Å². The van der Waals surface area contributed by atoms with Crippen molar-refractivity contribution in [2.45, 2.75) is 52.4 Å². The molecule has 0 aromatic rings. The van der Waals surface area contributed by atoms with Gasteiger partial charge in [-0.1, -0.05) is 20.3 Å². The molecular formula is C20H30O5. The van der Waals surface area contributed by atoms with Gasteiger partial charge in [0.15, 0.2) is 5.78 Å². The summed E-state index contributed by atoms with van der Waals surface area (Å²) in [5, 5.41) is 20.3. The largest absolute Gasteiger partial charge is 0.464 e. The Morgan fingerprint density at radius 1 is 1.20 bits per heavy atom. The average Bonchev–Trinajstić information content (AvgIpc) is 2.80. The number of aliphatic hydroxyl groups excluding tert-OH is 2. The summed E-state index contributed by atoms with van der Waals surface area (Å²) in [6, 6.07) is 0. The van der Waals surface area contributed by atoms with Crippen molar-refractivity contribution in [2.75, 3.05) is 19.8 Å². The Morgan fingerprint density at radius 2 is 1.96 bits per heavy atom. The number of rotatable bonds is 2. The van der Waals surface area contributed by atoms with Crippen LogP contribution in [0.3, 0.4) is 0 Å². The van der Waals surface area contributed by atoms with Crippen molar-refractivity contribution < 1.29 is 24.5 Å². The lowest BCUT2D eigenvalue weighted by molar-refractivity contribution is -0.220. The first-order chi connectivity index (χ1) is 11.9. The maximum Gasteiger partial charge on any atom is 0.319 e. The number of carbonyl (C=O) groups is 2. The van der Waals surface area contributed by atoms with E-state index in [0.29, 0.717) is 6.42 Å². The van der Waals surface area contributed by atoms with Crippen LogP contribution in [0.15, 0.2) is 0 Å². The molecule has 0 aromatic heterocycles. The highest BCUT2D eigenvalue weighted by molar-refractivity contribution is 6.07. The molecule has 3 saturated carbocycles. The van der Waals surface area contributed by atoms with Crippen LogP contribution < -0.4 is 0 Å². The third-order valence-corrected chi connectivity index (χ3v) is 8.56. The third-order valence-electron chi connectivity index (χ3n) is 8.56. The second kappa shape index (κ2) is 5.53. The quantitative estimate of drug-likeness (QED) is 0.587. The van der Waals surface area contributed by atoms with E-state index in [0.717, 1.165) is 32.1 Å². The highest BCUT2D eigenvalue weighted by atomic mass is 16.5. The number of aliphatic hydroxyl groups is 2. The van der Waals surface area contributed by atoms with Gasteiger partial charge in [0.2, 0.25) is 0 Å². The number of esters is 1. The second-order valence-electron chi connectivity index (χ2n) is 9.43. The first-order valence-corrected chi connectivity index (χ1v) is 9.79. The van der Waals surface area contributed by atoms with Gasteiger partial charge in [-0.15, -0.1) is 0 Å². The summed E-state index contributed by atoms with van der Waals surface area (Å²) in [6.45, 7) is 4.25. The van der Waals surface area contributed by atoms with E-state index in [1.54, 1.807) is 0 Å². The SMILES string of the molecule is C[C@H]1C(=O)[C@]23C[C@H]1CC[C@H]2[C@@]1(CCC[C@@](C)(CO)[C@H]1CO)COC3=O. The summed E-state index contributed by atoms with van der Waals surface area (Å²) >= 11 is 0. The zero-order valence-corrected chi connectivity index (χ0v) is 15.3. The molecule has 1 saturated heterocycles.